The molecule has 0 amide bonds. The highest BCUT2D eigenvalue weighted by Gasteiger charge is 2.18. The lowest BCUT2D eigenvalue weighted by atomic mass is 10.0. The molecule has 3 heteroatoms. The Morgan fingerprint density at radius 1 is 1.00 bits per heavy atom. The van der Waals surface area contributed by atoms with Crippen LogP contribution in [-0.2, 0) is 11.3 Å². The molecule has 22 heavy (non-hydrogen) atoms. The predicted molar refractivity (Wildman–Crippen MR) is 93.1 cm³/mol. The molecular weight excluding hydrogens is 292 g/mol. The van der Waals surface area contributed by atoms with Crippen molar-refractivity contribution in [1.29, 1.82) is 0 Å². The third kappa shape index (κ3) is 5.84. The molecule has 2 nitrogen and oxygen atoms in total. The van der Waals surface area contributed by atoms with Crippen LogP contribution in [0.15, 0.2) is 65.6 Å². The molecule has 0 aliphatic carbocycles. The Hall–Kier alpha value is -1.29. The van der Waals surface area contributed by atoms with E-state index in [1.54, 1.807) is 11.8 Å². The molecule has 0 aliphatic heterocycles. The van der Waals surface area contributed by atoms with E-state index < -0.39 is 6.10 Å². The summed E-state index contributed by atoms with van der Waals surface area (Å²) < 4.78 is 5.66. The highest BCUT2D eigenvalue weighted by atomic mass is 32.2. The normalized spacial score (nSPS) is 13.7. The van der Waals surface area contributed by atoms with Gasteiger partial charge in [-0.05, 0) is 30.0 Å². The Bertz CT molecular complexity index is 515. The van der Waals surface area contributed by atoms with Crippen LogP contribution < -0.4 is 0 Å². The summed E-state index contributed by atoms with van der Waals surface area (Å²) in [6, 6.07) is 20.4. The third-order valence-electron chi connectivity index (χ3n) is 3.68. The molecule has 118 valence electrons. The van der Waals surface area contributed by atoms with Gasteiger partial charge >= 0.3 is 0 Å². The van der Waals surface area contributed by atoms with E-state index in [9.17, 15) is 5.11 Å². The Morgan fingerprint density at radius 2 is 1.64 bits per heavy atom. The minimum Gasteiger partial charge on any atom is -0.390 e. The van der Waals surface area contributed by atoms with Gasteiger partial charge in [-0.2, -0.15) is 0 Å². The van der Waals surface area contributed by atoms with Gasteiger partial charge in [-0.15, -0.1) is 11.8 Å². The largest absolute Gasteiger partial charge is 0.390 e. The first-order valence-corrected chi connectivity index (χ1v) is 8.75. The molecule has 0 bridgehead atoms. The summed E-state index contributed by atoms with van der Waals surface area (Å²) in [6.07, 6.45) is 0.542. The average molecular weight is 316 g/mol. The maximum Gasteiger partial charge on any atom is 0.0809 e. The van der Waals surface area contributed by atoms with Crippen molar-refractivity contribution in [2.45, 2.75) is 31.0 Å². The summed E-state index contributed by atoms with van der Waals surface area (Å²) >= 11 is 1.80. The van der Waals surface area contributed by atoms with Gasteiger partial charge in [0.05, 0.1) is 19.3 Å². The maximum atomic E-state index is 10.3. The van der Waals surface area contributed by atoms with Gasteiger partial charge in [-0.1, -0.05) is 55.5 Å². The number of rotatable bonds is 9. The topological polar surface area (TPSA) is 29.5 Å². The third-order valence-corrected chi connectivity index (χ3v) is 4.88. The van der Waals surface area contributed by atoms with Crippen molar-refractivity contribution in [1.82, 2.24) is 0 Å². The molecule has 1 N–H and O–H groups in total. The van der Waals surface area contributed by atoms with E-state index in [0.717, 1.165) is 17.7 Å². The SMILES string of the molecule is CC[C@H](CSc1ccccc1)[C@H](O)COCc1ccccc1. The quantitative estimate of drug-likeness (QED) is 0.696. The second-order valence-corrected chi connectivity index (χ2v) is 6.45. The van der Waals surface area contributed by atoms with Crippen molar-refractivity contribution < 1.29 is 9.84 Å². The molecule has 0 aromatic heterocycles. The lowest BCUT2D eigenvalue weighted by Gasteiger charge is -2.21. The van der Waals surface area contributed by atoms with Crippen molar-refractivity contribution in [3.8, 4) is 0 Å². The van der Waals surface area contributed by atoms with Crippen LogP contribution in [0.3, 0.4) is 0 Å². The van der Waals surface area contributed by atoms with Crippen LogP contribution >= 0.6 is 11.8 Å². The summed E-state index contributed by atoms with van der Waals surface area (Å²) in [5.41, 5.74) is 1.14. The van der Waals surface area contributed by atoms with Gasteiger partial charge in [0.25, 0.3) is 0 Å². The van der Waals surface area contributed by atoms with E-state index in [2.05, 4.69) is 19.1 Å². The molecule has 2 aromatic rings. The molecule has 0 spiro atoms. The molecule has 0 saturated carbocycles. The van der Waals surface area contributed by atoms with Crippen LogP contribution in [0.2, 0.25) is 0 Å². The van der Waals surface area contributed by atoms with Gasteiger partial charge in [-0.25, -0.2) is 0 Å². The van der Waals surface area contributed by atoms with Gasteiger partial charge in [0.1, 0.15) is 0 Å². The summed E-state index contributed by atoms with van der Waals surface area (Å²) in [5, 5.41) is 10.3. The average Bonchev–Trinajstić information content (AvgIpc) is 2.57. The Morgan fingerprint density at radius 3 is 2.27 bits per heavy atom. The highest BCUT2D eigenvalue weighted by molar-refractivity contribution is 7.99. The second-order valence-electron chi connectivity index (χ2n) is 5.36. The summed E-state index contributed by atoms with van der Waals surface area (Å²) in [7, 11) is 0. The highest BCUT2D eigenvalue weighted by Crippen LogP contribution is 2.23. The fourth-order valence-electron chi connectivity index (χ4n) is 2.23. The molecule has 0 saturated heterocycles. The van der Waals surface area contributed by atoms with Crippen LogP contribution in [0.1, 0.15) is 18.9 Å². The molecule has 2 aromatic carbocycles. The smallest absolute Gasteiger partial charge is 0.0809 e. The van der Waals surface area contributed by atoms with Crippen LogP contribution in [-0.4, -0.2) is 23.6 Å². The number of thioether (sulfide) groups is 1. The number of hydrogen-bond donors (Lipinski definition) is 1. The Kier molecular flexibility index (Phi) is 7.50. The Balaban J connectivity index is 1.73. The number of aliphatic hydroxyl groups is 1. The molecule has 0 fully saturated rings. The summed E-state index contributed by atoms with van der Waals surface area (Å²) in [5.74, 6) is 1.16. The van der Waals surface area contributed by atoms with Gasteiger partial charge in [0, 0.05) is 10.6 Å². The van der Waals surface area contributed by atoms with Gasteiger partial charge < -0.3 is 9.84 Å². The van der Waals surface area contributed by atoms with Crippen molar-refractivity contribution in [2.75, 3.05) is 12.4 Å². The summed E-state index contributed by atoms with van der Waals surface area (Å²) in [6.45, 7) is 3.07. The molecule has 2 rings (SSSR count). The fourth-order valence-corrected chi connectivity index (χ4v) is 3.44. The van der Waals surface area contributed by atoms with E-state index in [0.29, 0.717) is 13.2 Å². The zero-order valence-corrected chi connectivity index (χ0v) is 13.8. The van der Waals surface area contributed by atoms with E-state index in [1.807, 2.05) is 48.5 Å². The monoisotopic (exact) mass is 316 g/mol. The maximum absolute atomic E-state index is 10.3. The number of hydrogen-bond acceptors (Lipinski definition) is 3. The number of aliphatic hydroxyl groups excluding tert-OH is 1. The van der Waals surface area contributed by atoms with Gasteiger partial charge in [0.2, 0.25) is 0 Å². The number of ether oxygens (including phenoxy) is 1. The first-order chi connectivity index (χ1) is 10.8. The lowest BCUT2D eigenvalue weighted by molar-refractivity contribution is 0.00245. The zero-order chi connectivity index (χ0) is 15.6. The van der Waals surface area contributed by atoms with E-state index in [-0.39, 0.29) is 5.92 Å². The van der Waals surface area contributed by atoms with Crippen molar-refractivity contribution in [3.05, 3.63) is 66.2 Å². The molecular formula is C19H24O2S. The zero-order valence-electron chi connectivity index (χ0n) is 13.0. The molecule has 2 atom stereocenters. The second kappa shape index (κ2) is 9.67. The standard InChI is InChI=1S/C19H24O2S/c1-2-17(15-22-18-11-7-4-8-12-18)19(20)14-21-13-16-9-5-3-6-10-16/h3-12,17,19-20H,2,13-15H2,1H3/t17-,19-/m1/s1. The van der Waals surface area contributed by atoms with E-state index in [4.69, 9.17) is 4.74 Å². The van der Waals surface area contributed by atoms with Crippen molar-refractivity contribution >= 4 is 11.8 Å². The molecule has 0 aliphatic rings. The van der Waals surface area contributed by atoms with Gasteiger partial charge in [-0.3, -0.25) is 0 Å². The fraction of sp³-hybridized carbons (Fsp3) is 0.368. The van der Waals surface area contributed by atoms with Gasteiger partial charge in [0.15, 0.2) is 0 Å². The van der Waals surface area contributed by atoms with E-state index in [1.165, 1.54) is 4.90 Å². The molecule has 0 radical (unpaired) electrons. The van der Waals surface area contributed by atoms with Crippen LogP contribution in [0.4, 0.5) is 0 Å². The molecule has 0 unspecified atom stereocenters. The molecule has 0 heterocycles. The van der Waals surface area contributed by atoms with Crippen LogP contribution in [0.25, 0.3) is 0 Å². The van der Waals surface area contributed by atoms with Crippen molar-refractivity contribution in [3.63, 3.8) is 0 Å². The Labute approximate surface area is 137 Å². The first-order valence-electron chi connectivity index (χ1n) is 7.77. The van der Waals surface area contributed by atoms with E-state index >= 15 is 0 Å². The first kappa shape index (κ1) is 17.1. The minimum absolute atomic E-state index is 0.251. The van der Waals surface area contributed by atoms with Crippen LogP contribution in [0.5, 0.6) is 0 Å². The lowest BCUT2D eigenvalue weighted by Crippen LogP contribution is -2.27. The number of benzene rings is 2. The predicted octanol–water partition coefficient (Wildman–Crippen LogP) is 4.38. The van der Waals surface area contributed by atoms with Crippen LogP contribution in [0, 0.1) is 5.92 Å². The summed E-state index contributed by atoms with van der Waals surface area (Å²) in [4.78, 5) is 1.25. The van der Waals surface area contributed by atoms with Crippen molar-refractivity contribution in [2.24, 2.45) is 5.92 Å². The minimum atomic E-state index is -0.412.